The summed E-state index contributed by atoms with van der Waals surface area (Å²) in [6.07, 6.45) is 0. The maximum absolute atomic E-state index is 14.9. The van der Waals surface area contributed by atoms with E-state index in [1.807, 2.05) is 24.3 Å². The van der Waals surface area contributed by atoms with Gasteiger partial charge in [0, 0.05) is 65.5 Å². The molecule has 0 aliphatic carbocycles. The van der Waals surface area contributed by atoms with Gasteiger partial charge in [-0.15, -0.1) is 0 Å². The zero-order valence-electron chi connectivity index (χ0n) is 20.5. The maximum atomic E-state index is 14.9. The smallest absolute Gasteiger partial charge is 0.256 e. The molecule has 0 amide bonds. The molecule has 186 valence electrons. The minimum absolute atomic E-state index is 0.0343. The van der Waals surface area contributed by atoms with Crippen LogP contribution >= 0.6 is 11.6 Å². The fraction of sp³-hybridized carbons (Fsp3) is 0.296. The maximum Gasteiger partial charge on any atom is 0.256 e. The Hall–Kier alpha value is -3.49. The molecule has 1 aliphatic heterocycles. The Morgan fingerprint density at radius 2 is 1.64 bits per heavy atom. The highest BCUT2D eigenvalue weighted by molar-refractivity contribution is 6.36. The van der Waals surface area contributed by atoms with Crippen molar-refractivity contribution in [1.82, 2.24) is 19.9 Å². The number of piperazine rings is 1. The normalized spacial score (nSPS) is 14.7. The molecular weight excluding hydrogens is 479 g/mol. The van der Waals surface area contributed by atoms with Gasteiger partial charge in [0.1, 0.15) is 11.4 Å². The molecule has 0 saturated carbocycles. The van der Waals surface area contributed by atoms with Crippen LogP contribution in [0.5, 0.6) is 0 Å². The summed E-state index contributed by atoms with van der Waals surface area (Å²) < 4.78 is 14.9. The topological polar surface area (TPSA) is 91.1 Å². The van der Waals surface area contributed by atoms with Gasteiger partial charge in [0.2, 0.25) is 5.95 Å². The summed E-state index contributed by atoms with van der Waals surface area (Å²) >= 11 is 6.45. The number of hydrogen-bond donors (Lipinski definition) is 2. The second-order valence-electron chi connectivity index (χ2n) is 9.41. The molecule has 1 saturated heterocycles. The number of H-pyrrole nitrogens is 1. The lowest BCUT2D eigenvalue weighted by Gasteiger charge is -2.38. The Balaban J connectivity index is 1.48. The Kier molecular flexibility index (Phi) is 6.40. The quantitative estimate of drug-likeness (QED) is 0.410. The molecule has 2 aromatic carbocycles. The number of rotatable bonds is 4. The van der Waals surface area contributed by atoms with Crippen LogP contribution in [0.4, 0.5) is 15.9 Å². The number of aromatic amines is 1. The zero-order valence-corrected chi connectivity index (χ0v) is 21.2. The summed E-state index contributed by atoms with van der Waals surface area (Å²) in [4.78, 5) is 28.3. The van der Waals surface area contributed by atoms with Crippen molar-refractivity contribution in [1.29, 1.82) is 0 Å². The van der Waals surface area contributed by atoms with Crippen LogP contribution in [-0.4, -0.2) is 52.1 Å². The Bertz CT molecular complexity index is 1490. The number of nitrogens with two attached hydrogens (primary N) is 1. The molecule has 0 spiro atoms. The van der Waals surface area contributed by atoms with Crippen LogP contribution in [0.15, 0.2) is 47.3 Å². The fourth-order valence-corrected chi connectivity index (χ4v) is 4.92. The van der Waals surface area contributed by atoms with Gasteiger partial charge in [-0.1, -0.05) is 29.8 Å². The van der Waals surface area contributed by atoms with Crippen molar-refractivity contribution in [2.75, 3.05) is 36.8 Å². The van der Waals surface area contributed by atoms with Gasteiger partial charge in [-0.3, -0.25) is 9.69 Å². The number of aryl methyl sites for hydroxylation is 1. The van der Waals surface area contributed by atoms with Gasteiger partial charge in [0.05, 0.1) is 5.02 Å². The van der Waals surface area contributed by atoms with Crippen LogP contribution < -0.4 is 16.2 Å². The molecule has 3 N–H and O–H groups in total. The molecule has 1 fully saturated rings. The zero-order chi connectivity index (χ0) is 25.6. The van der Waals surface area contributed by atoms with Crippen molar-refractivity contribution in [2.24, 2.45) is 0 Å². The third-order valence-electron chi connectivity index (χ3n) is 6.84. The van der Waals surface area contributed by atoms with Crippen molar-refractivity contribution in [3.63, 3.8) is 0 Å². The number of fused-ring (bicyclic) bond motifs is 1. The first-order chi connectivity index (χ1) is 17.2. The van der Waals surface area contributed by atoms with E-state index in [1.54, 1.807) is 25.1 Å². The summed E-state index contributed by atoms with van der Waals surface area (Å²) in [6.45, 7) is 10.1. The van der Waals surface area contributed by atoms with Crippen molar-refractivity contribution in [3.8, 4) is 22.5 Å². The standard InChI is InChI=1S/C27H28ClFN6O/c1-15(2)34-10-12-35(13-11-34)19-7-4-17(5-8-19)23-25(29)33-26(30)24(32-23)18-6-9-20-21(14-18)22(28)16(3)31-27(20)36/h4-9,14-15H,10-13H2,1-3H3,(H2,30,33)(H,31,36). The van der Waals surface area contributed by atoms with Crippen LogP contribution in [-0.2, 0) is 0 Å². The number of nitrogens with zero attached hydrogens (tertiary/aromatic N) is 4. The first-order valence-electron chi connectivity index (χ1n) is 12.0. The van der Waals surface area contributed by atoms with Crippen LogP contribution in [0.3, 0.4) is 0 Å². The Morgan fingerprint density at radius 1 is 0.972 bits per heavy atom. The van der Waals surface area contributed by atoms with Crippen molar-refractivity contribution < 1.29 is 4.39 Å². The fourth-order valence-electron chi connectivity index (χ4n) is 4.72. The monoisotopic (exact) mass is 506 g/mol. The molecule has 3 heterocycles. The lowest BCUT2D eigenvalue weighted by Crippen LogP contribution is -2.48. The van der Waals surface area contributed by atoms with E-state index in [1.165, 1.54) is 0 Å². The number of pyridine rings is 1. The minimum Gasteiger partial charge on any atom is -0.382 e. The average Bonchev–Trinajstić information content (AvgIpc) is 2.87. The third-order valence-corrected chi connectivity index (χ3v) is 7.32. The number of nitrogen functional groups attached to an aromatic ring is 1. The summed E-state index contributed by atoms with van der Waals surface area (Å²) in [5.41, 5.74) is 9.15. The first kappa shape index (κ1) is 24.2. The molecule has 4 aromatic rings. The SMILES string of the molecule is Cc1[nH]c(=O)c2ccc(-c3nc(-c4ccc(N5CCN(C(C)C)CC5)cc4)c(F)nc3N)cc2c1Cl. The molecule has 5 rings (SSSR count). The second kappa shape index (κ2) is 9.52. The number of halogens is 2. The van der Waals surface area contributed by atoms with E-state index in [0.717, 1.165) is 31.9 Å². The van der Waals surface area contributed by atoms with Gasteiger partial charge < -0.3 is 15.6 Å². The highest BCUT2D eigenvalue weighted by Crippen LogP contribution is 2.32. The largest absolute Gasteiger partial charge is 0.382 e. The van der Waals surface area contributed by atoms with E-state index >= 15 is 0 Å². The number of aromatic nitrogens is 3. The molecule has 9 heteroatoms. The van der Waals surface area contributed by atoms with E-state index < -0.39 is 5.95 Å². The summed E-state index contributed by atoms with van der Waals surface area (Å²) in [6, 6.07) is 13.3. The molecule has 0 radical (unpaired) electrons. The second-order valence-corrected chi connectivity index (χ2v) is 9.79. The van der Waals surface area contributed by atoms with E-state index in [2.05, 4.69) is 38.6 Å². The summed E-state index contributed by atoms with van der Waals surface area (Å²) in [5.74, 6) is -0.770. The third kappa shape index (κ3) is 4.42. The highest BCUT2D eigenvalue weighted by atomic mass is 35.5. The molecular formula is C27H28ClFN6O. The van der Waals surface area contributed by atoms with Crippen molar-refractivity contribution in [3.05, 3.63) is 69.5 Å². The van der Waals surface area contributed by atoms with E-state index in [0.29, 0.717) is 44.4 Å². The number of nitrogens with one attached hydrogen (secondary N) is 1. The first-order valence-corrected chi connectivity index (χ1v) is 12.4. The van der Waals surface area contributed by atoms with Crippen LogP contribution in [0.25, 0.3) is 33.3 Å². The van der Waals surface area contributed by atoms with Crippen LogP contribution in [0, 0.1) is 12.9 Å². The predicted molar refractivity (Wildman–Crippen MR) is 144 cm³/mol. The molecule has 7 nitrogen and oxygen atoms in total. The van der Waals surface area contributed by atoms with Gasteiger partial charge in [-0.2, -0.15) is 9.37 Å². The van der Waals surface area contributed by atoms with Crippen molar-refractivity contribution >= 4 is 33.9 Å². The summed E-state index contributed by atoms with van der Waals surface area (Å²) in [5, 5.41) is 1.46. The Morgan fingerprint density at radius 3 is 2.31 bits per heavy atom. The lowest BCUT2D eigenvalue weighted by molar-refractivity contribution is 0.209. The molecule has 0 bridgehead atoms. The molecule has 1 aliphatic rings. The molecule has 2 aromatic heterocycles. The minimum atomic E-state index is -0.736. The van der Waals surface area contributed by atoms with Gasteiger partial charge in [0.25, 0.3) is 5.56 Å². The highest BCUT2D eigenvalue weighted by Gasteiger charge is 2.20. The van der Waals surface area contributed by atoms with Gasteiger partial charge in [0.15, 0.2) is 5.82 Å². The van der Waals surface area contributed by atoms with Crippen molar-refractivity contribution in [2.45, 2.75) is 26.8 Å². The number of anilines is 2. The van der Waals surface area contributed by atoms with E-state index in [9.17, 15) is 9.18 Å². The van der Waals surface area contributed by atoms with E-state index in [-0.39, 0.29) is 17.1 Å². The van der Waals surface area contributed by atoms with Gasteiger partial charge in [-0.05, 0) is 45.0 Å². The number of hydrogen-bond acceptors (Lipinski definition) is 6. The predicted octanol–water partition coefficient (Wildman–Crippen LogP) is 4.87. The summed E-state index contributed by atoms with van der Waals surface area (Å²) in [7, 11) is 0. The molecule has 0 atom stereocenters. The molecule has 0 unspecified atom stereocenters. The van der Waals surface area contributed by atoms with Crippen LogP contribution in [0.2, 0.25) is 5.02 Å². The van der Waals surface area contributed by atoms with Gasteiger partial charge >= 0.3 is 0 Å². The number of benzene rings is 2. The van der Waals surface area contributed by atoms with E-state index in [4.69, 9.17) is 17.3 Å². The van der Waals surface area contributed by atoms with Crippen LogP contribution in [0.1, 0.15) is 19.5 Å². The Labute approximate surface area is 213 Å². The van der Waals surface area contributed by atoms with Gasteiger partial charge in [-0.25, -0.2) is 4.98 Å². The molecule has 36 heavy (non-hydrogen) atoms. The average molecular weight is 507 g/mol. The lowest BCUT2D eigenvalue weighted by atomic mass is 10.0.